The number of ether oxygens (including phenoxy) is 1. The van der Waals surface area contributed by atoms with Gasteiger partial charge in [-0.1, -0.05) is 48.5 Å². The van der Waals surface area contributed by atoms with Crippen LogP contribution in [-0.2, 0) is 9.53 Å². The van der Waals surface area contributed by atoms with Crippen LogP contribution in [0.25, 0.3) is 11.1 Å². The molecule has 0 spiro atoms. The number of benzene rings is 2. The second kappa shape index (κ2) is 7.71. The molecule has 1 N–H and O–H groups in total. The molecule has 0 aliphatic heterocycles. The smallest absolute Gasteiger partial charge is 0.416 e. The van der Waals surface area contributed by atoms with Gasteiger partial charge in [-0.3, -0.25) is 9.69 Å². The number of carboxylic acids is 1. The molecule has 4 rings (SSSR count). The van der Waals surface area contributed by atoms with Crippen LogP contribution in [0.4, 0.5) is 15.0 Å². The summed E-state index contributed by atoms with van der Waals surface area (Å²) >= 11 is 0. The van der Waals surface area contributed by atoms with Gasteiger partial charge in [-0.25, -0.2) is 14.2 Å². The summed E-state index contributed by atoms with van der Waals surface area (Å²) in [7, 11) is 0. The molecule has 0 atom stereocenters. The van der Waals surface area contributed by atoms with Crippen LogP contribution in [-0.4, -0.2) is 35.3 Å². The van der Waals surface area contributed by atoms with Crippen molar-refractivity contribution in [1.82, 2.24) is 4.98 Å². The molecule has 7 heteroatoms. The molecule has 1 aliphatic rings. The number of carbonyl (C=O) groups is 2. The fraction of sp³-hybridized carbons (Fsp3) is 0.136. The summed E-state index contributed by atoms with van der Waals surface area (Å²) in [5.74, 6) is -1.97. The molecule has 0 bridgehead atoms. The molecule has 0 fully saturated rings. The first-order valence-corrected chi connectivity index (χ1v) is 9.00. The van der Waals surface area contributed by atoms with Crippen molar-refractivity contribution in [2.45, 2.75) is 5.92 Å². The van der Waals surface area contributed by atoms with Crippen molar-refractivity contribution in [3.8, 4) is 11.1 Å². The van der Waals surface area contributed by atoms with Gasteiger partial charge >= 0.3 is 12.1 Å². The van der Waals surface area contributed by atoms with Crippen LogP contribution in [0, 0.1) is 5.82 Å². The Morgan fingerprint density at radius 3 is 2.17 bits per heavy atom. The van der Waals surface area contributed by atoms with E-state index in [1.165, 1.54) is 6.07 Å². The molecule has 3 aromatic rings. The Hall–Kier alpha value is -3.74. The number of halogens is 1. The number of anilines is 1. The fourth-order valence-electron chi connectivity index (χ4n) is 3.57. The molecule has 0 radical (unpaired) electrons. The van der Waals surface area contributed by atoms with E-state index in [-0.39, 0.29) is 18.3 Å². The summed E-state index contributed by atoms with van der Waals surface area (Å²) in [6, 6.07) is 18.1. The van der Waals surface area contributed by atoms with Gasteiger partial charge in [0.15, 0.2) is 0 Å². The van der Waals surface area contributed by atoms with Gasteiger partial charge in [-0.15, -0.1) is 0 Å². The van der Waals surface area contributed by atoms with Crippen LogP contribution >= 0.6 is 0 Å². The SMILES string of the molecule is O=C(O)CN(C(=O)OCC1c2ccccc2-c2ccccc21)c1ccc(F)cn1. The van der Waals surface area contributed by atoms with Crippen molar-refractivity contribution in [3.63, 3.8) is 0 Å². The lowest BCUT2D eigenvalue weighted by atomic mass is 9.98. The number of aliphatic carboxylic acids is 1. The van der Waals surface area contributed by atoms with Crippen molar-refractivity contribution in [3.05, 3.63) is 83.8 Å². The highest BCUT2D eigenvalue weighted by Gasteiger charge is 2.30. The summed E-state index contributed by atoms with van der Waals surface area (Å²) in [4.78, 5) is 28.5. The number of hydrogen-bond acceptors (Lipinski definition) is 4. The Morgan fingerprint density at radius 2 is 1.62 bits per heavy atom. The lowest BCUT2D eigenvalue weighted by molar-refractivity contribution is -0.135. The maximum absolute atomic E-state index is 13.1. The van der Waals surface area contributed by atoms with E-state index in [0.717, 1.165) is 39.4 Å². The van der Waals surface area contributed by atoms with E-state index in [1.54, 1.807) is 0 Å². The minimum atomic E-state index is -1.23. The molecule has 1 aromatic heterocycles. The molecule has 146 valence electrons. The van der Waals surface area contributed by atoms with Gasteiger partial charge < -0.3 is 9.84 Å². The maximum Gasteiger partial charge on any atom is 0.416 e. The first-order chi connectivity index (χ1) is 14.0. The van der Waals surface area contributed by atoms with Gasteiger partial charge in [0.05, 0.1) is 6.20 Å². The normalized spacial score (nSPS) is 12.2. The summed E-state index contributed by atoms with van der Waals surface area (Å²) in [6.45, 7) is -0.598. The fourth-order valence-corrected chi connectivity index (χ4v) is 3.57. The zero-order chi connectivity index (χ0) is 20.4. The maximum atomic E-state index is 13.1. The molecule has 0 saturated heterocycles. The Morgan fingerprint density at radius 1 is 1.00 bits per heavy atom. The number of carboxylic acid groups (broad SMARTS) is 1. The van der Waals surface area contributed by atoms with E-state index >= 15 is 0 Å². The van der Waals surface area contributed by atoms with E-state index in [4.69, 9.17) is 9.84 Å². The van der Waals surface area contributed by atoms with E-state index in [2.05, 4.69) is 4.98 Å². The predicted molar refractivity (Wildman–Crippen MR) is 104 cm³/mol. The number of nitrogens with zero attached hydrogens (tertiary/aromatic N) is 2. The van der Waals surface area contributed by atoms with Crippen LogP contribution in [0.5, 0.6) is 0 Å². The highest BCUT2D eigenvalue weighted by Crippen LogP contribution is 2.44. The van der Waals surface area contributed by atoms with Gasteiger partial charge in [0.2, 0.25) is 0 Å². The Labute approximate surface area is 166 Å². The monoisotopic (exact) mass is 392 g/mol. The van der Waals surface area contributed by atoms with Crippen molar-refractivity contribution in [1.29, 1.82) is 0 Å². The van der Waals surface area contributed by atoms with Crippen molar-refractivity contribution in [2.24, 2.45) is 0 Å². The average Bonchev–Trinajstić information content (AvgIpc) is 3.05. The molecule has 0 unspecified atom stereocenters. The highest BCUT2D eigenvalue weighted by molar-refractivity contribution is 5.92. The topological polar surface area (TPSA) is 79.7 Å². The van der Waals surface area contributed by atoms with Gasteiger partial charge in [0, 0.05) is 5.92 Å². The van der Waals surface area contributed by atoms with E-state index in [0.29, 0.717) is 0 Å². The molecular weight excluding hydrogens is 375 g/mol. The average molecular weight is 392 g/mol. The zero-order valence-corrected chi connectivity index (χ0v) is 15.3. The molecule has 6 nitrogen and oxygen atoms in total. The standard InChI is InChI=1S/C22H17FN2O4/c23-14-9-10-20(24-11-14)25(12-21(26)27)22(28)29-13-19-17-7-3-1-5-15(17)16-6-2-4-8-18(16)19/h1-11,19H,12-13H2,(H,26,27). The zero-order valence-electron chi connectivity index (χ0n) is 15.3. The number of fused-ring (bicyclic) bond motifs is 3. The number of carbonyl (C=O) groups excluding carboxylic acids is 1. The van der Waals surface area contributed by atoms with Gasteiger partial charge in [-0.2, -0.15) is 0 Å². The minimum absolute atomic E-state index is 0.00558. The molecule has 1 heterocycles. The summed E-state index contributed by atoms with van der Waals surface area (Å²) in [5.41, 5.74) is 4.27. The number of pyridine rings is 1. The van der Waals surface area contributed by atoms with Gasteiger partial charge in [-0.05, 0) is 34.4 Å². The second-order valence-electron chi connectivity index (χ2n) is 6.62. The highest BCUT2D eigenvalue weighted by atomic mass is 19.1. The van der Waals surface area contributed by atoms with E-state index in [1.807, 2.05) is 48.5 Å². The quantitative estimate of drug-likeness (QED) is 0.708. The third-order valence-electron chi connectivity index (χ3n) is 4.84. The Bertz CT molecular complexity index is 1020. The summed E-state index contributed by atoms with van der Waals surface area (Å²) in [6.07, 6.45) is 0.0642. The second-order valence-corrected chi connectivity index (χ2v) is 6.62. The van der Waals surface area contributed by atoms with Crippen molar-refractivity contribution < 1.29 is 23.8 Å². The van der Waals surface area contributed by atoms with E-state index < -0.39 is 24.4 Å². The molecular formula is C22H17FN2O4. The number of amides is 1. The van der Waals surface area contributed by atoms with Crippen molar-refractivity contribution in [2.75, 3.05) is 18.1 Å². The number of hydrogen-bond donors (Lipinski definition) is 1. The van der Waals surface area contributed by atoms with Crippen LogP contribution < -0.4 is 4.90 Å². The summed E-state index contributed by atoms with van der Waals surface area (Å²) < 4.78 is 18.6. The van der Waals surface area contributed by atoms with Gasteiger partial charge in [0.1, 0.15) is 24.8 Å². The molecule has 1 aliphatic carbocycles. The Kier molecular flexibility index (Phi) is 4.95. The number of rotatable bonds is 5. The Balaban J connectivity index is 1.56. The lowest BCUT2D eigenvalue weighted by Gasteiger charge is -2.21. The van der Waals surface area contributed by atoms with Crippen LogP contribution in [0.1, 0.15) is 17.0 Å². The van der Waals surface area contributed by atoms with Crippen LogP contribution in [0.15, 0.2) is 66.9 Å². The number of aromatic nitrogens is 1. The molecule has 29 heavy (non-hydrogen) atoms. The van der Waals surface area contributed by atoms with E-state index in [9.17, 15) is 14.0 Å². The third-order valence-corrected chi connectivity index (χ3v) is 4.84. The van der Waals surface area contributed by atoms with Crippen molar-refractivity contribution >= 4 is 17.9 Å². The lowest BCUT2D eigenvalue weighted by Crippen LogP contribution is -2.37. The summed E-state index contributed by atoms with van der Waals surface area (Å²) in [5, 5.41) is 9.14. The molecule has 1 amide bonds. The minimum Gasteiger partial charge on any atom is -0.480 e. The third kappa shape index (κ3) is 3.67. The predicted octanol–water partition coefficient (Wildman–Crippen LogP) is 4.06. The first-order valence-electron chi connectivity index (χ1n) is 9.00. The molecule has 0 saturated carbocycles. The van der Waals surface area contributed by atoms with Crippen LogP contribution in [0.2, 0.25) is 0 Å². The van der Waals surface area contributed by atoms with Gasteiger partial charge in [0.25, 0.3) is 0 Å². The van der Waals surface area contributed by atoms with Crippen LogP contribution in [0.3, 0.4) is 0 Å². The molecule has 2 aromatic carbocycles. The first kappa shape index (κ1) is 18.6. The largest absolute Gasteiger partial charge is 0.480 e.